The molecule has 2 heteroatoms. The summed E-state index contributed by atoms with van der Waals surface area (Å²) < 4.78 is 0. The topological polar surface area (TPSA) is 29.3 Å². The number of rotatable bonds is 4. The van der Waals surface area contributed by atoms with Gasteiger partial charge in [0.05, 0.1) is 0 Å². The third-order valence-corrected chi connectivity index (χ3v) is 2.79. The monoisotopic (exact) mass is 196 g/mol. The Morgan fingerprint density at radius 1 is 1.50 bits per heavy atom. The fourth-order valence-corrected chi connectivity index (χ4v) is 1.99. The van der Waals surface area contributed by atoms with E-state index in [9.17, 15) is 0 Å². The SMILES string of the molecule is CC1=CCN(CC(N)CC(C)C)CC1. The molecule has 1 aliphatic heterocycles. The maximum Gasteiger partial charge on any atom is 0.0170 e. The van der Waals surface area contributed by atoms with E-state index in [2.05, 4.69) is 31.7 Å². The van der Waals surface area contributed by atoms with Crippen LogP contribution in [0.3, 0.4) is 0 Å². The first kappa shape index (κ1) is 11.7. The number of nitrogens with two attached hydrogens (primary N) is 1. The zero-order chi connectivity index (χ0) is 10.6. The summed E-state index contributed by atoms with van der Waals surface area (Å²) in [4.78, 5) is 2.46. The second-order valence-corrected chi connectivity index (χ2v) is 4.95. The maximum absolute atomic E-state index is 6.08. The molecule has 0 saturated heterocycles. The molecule has 1 unspecified atom stereocenters. The van der Waals surface area contributed by atoms with Gasteiger partial charge < -0.3 is 5.73 Å². The third-order valence-electron chi connectivity index (χ3n) is 2.79. The van der Waals surface area contributed by atoms with Crippen LogP contribution in [0.1, 0.15) is 33.6 Å². The highest BCUT2D eigenvalue weighted by Crippen LogP contribution is 2.11. The zero-order valence-electron chi connectivity index (χ0n) is 9.79. The molecule has 14 heavy (non-hydrogen) atoms. The molecule has 0 spiro atoms. The molecular formula is C12H24N2. The summed E-state index contributed by atoms with van der Waals surface area (Å²) in [7, 11) is 0. The van der Waals surface area contributed by atoms with Gasteiger partial charge in [-0.2, -0.15) is 0 Å². The van der Waals surface area contributed by atoms with E-state index in [1.807, 2.05) is 0 Å². The maximum atomic E-state index is 6.08. The van der Waals surface area contributed by atoms with Gasteiger partial charge >= 0.3 is 0 Å². The van der Waals surface area contributed by atoms with Gasteiger partial charge in [0.15, 0.2) is 0 Å². The minimum atomic E-state index is 0.349. The van der Waals surface area contributed by atoms with Crippen LogP contribution in [0.25, 0.3) is 0 Å². The van der Waals surface area contributed by atoms with Crippen LogP contribution >= 0.6 is 0 Å². The van der Waals surface area contributed by atoms with Crippen LogP contribution in [0.15, 0.2) is 11.6 Å². The van der Waals surface area contributed by atoms with E-state index in [1.165, 1.54) is 18.5 Å². The highest BCUT2D eigenvalue weighted by molar-refractivity contribution is 5.03. The second kappa shape index (κ2) is 5.52. The van der Waals surface area contributed by atoms with Gasteiger partial charge in [-0.25, -0.2) is 0 Å². The summed E-state index contributed by atoms with van der Waals surface area (Å²) in [5.74, 6) is 0.715. The largest absolute Gasteiger partial charge is 0.327 e. The van der Waals surface area contributed by atoms with Gasteiger partial charge in [0.1, 0.15) is 0 Å². The molecule has 1 atom stereocenters. The molecule has 0 fully saturated rings. The highest BCUT2D eigenvalue weighted by atomic mass is 15.1. The summed E-state index contributed by atoms with van der Waals surface area (Å²) in [5.41, 5.74) is 7.60. The summed E-state index contributed by atoms with van der Waals surface area (Å²) in [6.07, 6.45) is 4.68. The lowest BCUT2D eigenvalue weighted by atomic mass is 10.0. The van der Waals surface area contributed by atoms with Gasteiger partial charge in [-0.3, -0.25) is 4.90 Å². The number of hydrogen-bond donors (Lipinski definition) is 1. The molecule has 1 rings (SSSR count). The van der Waals surface area contributed by atoms with Gasteiger partial charge in [-0.1, -0.05) is 25.5 Å². The van der Waals surface area contributed by atoms with Crippen molar-refractivity contribution in [3.8, 4) is 0 Å². The predicted molar refractivity (Wildman–Crippen MR) is 62.2 cm³/mol. The van der Waals surface area contributed by atoms with Gasteiger partial charge in [-0.15, -0.1) is 0 Å². The molecule has 0 radical (unpaired) electrons. The molecular weight excluding hydrogens is 172 g/mol. The fraction of sp³-hybridized carbons (Fsp3) is 0.833. The quantitative estimate of drug-likeness (QED) is 0.697. The van der Waals surface area contributed by atoms with E-state index < -0.39 is 0 Å². The summed E-state index contributed by atoms with van der Waals surface area (Å²) in [6.45, 7) is 10.0. The fourth-order valence-electron chi connectivity index (χ4n) is 1.99. The molecule has 0 aromatic rings. The molecule has 0 amide bonds. The molecule has 1 heterocycles. The third kappa shape index (κ3) is 4.25. The first-order chi connectivity index (χ1) is 6.58. The van der Waals surface area contributed by atoms with Crippen LogP contribution in [-0.2, 0) is 0 Å². The summed E-state index contributed by atoms with van der Waals surface area (Å²) in [6, 6.07) is 0.349. The van der Waals surface area contributed by atoms with Gasteiger partial charge in [0.2, 0.25) is 0 Å². The lowest BCUT2D eigenvalue weighted by molar-refractivity contribution is 0.262. The number of nitrogens with zero attached hydrogens (tertiary/aromatic N) is 1. The molecule has 0 aliphatic carbocycles. The van der Waals surface area contributed by atoms with Crippen molar-refractivity contribution in [2.45, 2.75) is 39.7 Å². The van der Waals surface area contributed by atoms with Gasteiger partial charge in [-0.05, 0) is 25.7 Å². The molecule has 82 valence electrons. The van der Waals surface area contributed by atoms with Crippen molar-refractivity contribution in [3.05, 3.63) is 11.6 Å². The summed E-state index contributed by atoms with van der Waals surface area (Å²) in [5, 5.41) is 0. The van der Waals surface area contributed by atoms with E-state index in [0.717, 1.165) is 19.5 Å². The van der Waals surface area contributed by atoms with Crippen LogP contribution in [0.5, 0.6) is 0 Å². The average Bonchev–Trinajstić information content (AvgIpc) is 2.07. The minimum Gasteiger partial charge on any atom is -0.327 e. The van der Waals surface area contributed by atoms with Crippen molar-refractivity contribution in [2.24, 2.45) is 11.7 Å². The molecule has 0 aromatic heterocycles. The Bertz CT molecular complexity index is 196. The van der Waals surface area contributed by atoms with Crippen LogP contribution in [0.2, 0.25) is 0 Å². The van der Waals surface area contributed by atoms with E-state index >= 15 is 0 Å². The van der Waals surface area contributed by atoms with Crippen molar-refractivity contribution >= 4 is 0 Å². The Labute approximate surface area is 88.2 Å². The molecule has 0 saturated carbocycles. The lowest BCUT2D eigenvalue weighted by Gasteiger charge is -2.28. The van der Waals surface area contributed by atoms with Crippen LogP contribution in [0.4, 0.5) is 0 Å². The predicted octanol–water partition coefficient (Wildman–Crippen LogP) is 2.01. The smallest absolute Gasteiger partial charge is 0.0170 e. The molecule has 0 bridgehead atoms. The van der Waals surface area contributed by atoms with E-state index in [1.54, 1.807) is 0 Å². The Morgan fingerprint density at radius 2 is 2.21 bits per heavy atom. The van der Waals surface area contributed by atoms with E-state index in [-0.39, 0.29) is 0 Å². The normalized spacial score (nSPS) is 21.1. The van der Waals surface area contributed by atoms with Crippen molar-refractivity contribution in [1.82, 2.24) is 4.90 Å². The Hall–Kier alpha value is -0.340. The van der Waals surface area contributed by atoms with Gasteiger partial charge in [0, 0.05) is 25.7 Å². The lowest BCUT2D eigenvalue weighted by Crippen LogP contribution is -2.40. The van der Waals surface area contributed by atoms with Crippen molar-refractivity contribution < 1.29 is 0 Å². The standard InChI is InChI=1S/C12H24N2/c1-10(2)8-12(13)9-14-6-4-11(3)5-7-14/h4,10,12H,5-9,13H2,1-3H3. The molecule has 2 N–H and O–H groups in total. The van der Waals surface area contributed by atoms with Crippen molar-refractivity contribution in [3.63, 3.8) is 0 Å². The average molecular weight is 196 g/mol. The van der Waals surface area contributed by atoms with E-state index in [4.69, 9.17) is 5.73 Å². The second-order valence-electron chi connectivity index (χ2n) is 4.95. The molecule has 1 aliphatic rings. The Balaban J connectivity index is 2.24. The van der Waals surface area contributed by atoms with Crippen LogP contribution in [-0.4, -0.2) is 30.6 Å². The summed E-state index contributed by atoms with van der Waals surface area (Å²) >= 11 is 0. The molecule has 0 aromatic carbocycles. The first-order valence-corrected chi connectivity index (χ1v) is 5.71. The van der Waals surface area contributed by atoms with Crippen LogP contribution < -0.4 is 5.73 Å². The number of hydrogen-bond acceptors (Lipinski definition) is 2. The van der Waals surface area contributed by atoms with Crippen LogP contribution in [0, 0.1) is 5.92 Å². The zero-order valence-corrected chi connectivity index (χ0v) is 9.79. The Morgan fingerprint density at radius 3 is 2.71 bits per heavy atom. The molecule has 2 nitrogen and oxygen atoms in total. The van der Waals surface area contributed by atoms with Crippen molar-refractivity contribution in [2.75, 3.05) is 19.6 Å². The first-order valence-electron chi connectivity index (χ1n) is 5.71. The van der Waals surface area contributed by atoms with E-state index in [0.29, 0.717) is 12.0 Å². The minimum absolute atomic E-state index is 0.349. The van der Waals surface area contributed by atoms with Crippen molar-refractivity contribution in [1.29, 1.82) is 0 Å². The highest BCUT2D eigenvalue weighted by Gasteiger charge is 2.13. The van der Waals surface area contributed by atoms with Gasteiger partial charge in [0.25, 0.3) is 0 Å². The Kier molecular flexibility index (Phi) is 4.63.